The minimum absolute atomic E-state index is 0.421. The fraction of sp³-hybridized carbons (Fsp3) is 0.923. The smallest absolute Gasteiger partial charge is 0.241 e. The van der Waals surface area contributed by atoms with Gasteiger partial charge in [-0.25, -0.2) is 0 Å². The third kappa shape index (κ3) is 3.92. The van der Waals surface area contributed by atoms with Gasteiger partial charge < -0.3 is 8.85 Å². The predicted octanol–water partition coefficient (Wildman–Crippen LogP) is 7.84. The summed E-state index contributed by atoms with van der Waals surface area (Å²) in [5.74, 6) is 5.45. The van der Waals surface area contributed by atoms with Gasteiger partial charge in [-0.15, -0.1) is 0 Å². The molecule has 3 saturated carbocycles. The Morgan fingerprint density at radius 2 is 1.57 bits per heavy atom. The van der Waals surface area contributed by atoms with Crippen molar-refractivity contribution in [2.24, 2.45) is 40.4 Å². The summed E-state index contributed by atoms with van der Waals surface area (Å²) in [7, 11) is -3.01. The lowest BCUT2D eigenvalue weighted by atomic mass is 9.44. The highest BCUT2D eigenvalue weighted by Gasteiger charge is 2.61. The zero-order valence-corrected chi connectivity index (χ0v) is 23.3. The SMILES string of the molecule is CC1CC(O[Si](C)(C)C)=CC2CCC3C4CCC(O[Si](C)(C)C)C4(C)CCC3C12C. The molecule has 2 nitrogen and oxygen atoms in total. The van der Waals surface area contributed by atoms with E-state index in [-0.39, 0.29) is 0 Å². The fourth-order valence-electron chi connectivity index (χ4n) is 8.27. The molecule has 0 aromatic heterocycles. The minimum Gasteiger partial charge on any atom is -0.548 e. The van der Waals surface area contributed by atoms with E-state index in [2.05, 4.69) is 66.1 Å². The topological polar surface area (TPSA) is 18.5 Å². The summed E-state index contributed by atoms with van der Waals surface area (Å²) in [4.78, 5) is 0. The lowest BCUT2D eigenvalue weighted by Crippen LogP contribution is -2.56. The molecule has 0 aromatic carbocycles. The number of rotatable bonds is 4. The molecule has 0 bridgehead atoms. The van der Waals surface area contributed by atoms with Crippen molar-refractivity contribution in [3.8, 4) is 0 Å². The molecule has 4 aliphatic rings. The van der Waals surface area contributed by atoms with Crippen LogP contribution in [0.2, 0.25) is 39.3 Å². The van der Waals surface area contributed by atoms with E-state index in [1.165, 1.54) is 44.3 Å². The highest BCUT2D eigenvalue weighted by atomic mass is 28.4. The van der Waals surface area contributed by atoms with Crippen LogP contribution in [0.5, 0.6) is 0 Å². The van der Waals surface area contributed by atoms with E-state index in [0.717, 1.165) is 30.1 Å². The van der Waals surface area contributed by atoms with Crippen molar-refractivity contribution in [2.45, 2.75) is 111 Å². The Hall–Kier alpha value is -0.0662. The second-order valence-corrected chi connectivity index (χ2v) is 22.6. The van der Waals surface area contributed by atoms with Crippen LogP contribution < -0.4 is 0 Å². The molecular weight excluding hydrogens is 400 g/mol. The van der Waals surface area contributed by atoms with Gasteiger partial charge in [0, 0.05) is 6.42 Å². The first kappa shape index (κ1) is 23.1. The monoisotopic (exact) mass is 448 g/mol. The first-order valence-corrected chi connectivity index (χ1v) is 19.6. The van der Waals surface area contributed by atoms with Crippen LogP contribution in [0.1, 0.15) is 65.7 Å². The molecule has 4 heteroatoms. The van der Waals surface area contributed by atoms with Crippen molar-refractivity contribution in [3.05, 3.63) is 11.8 Å². The van der Waals surface area contributed by atoms with Crippen LogP contribution in [0.15, 0.2) is 11.8 Å². The summed E-state index contributed by atoms with van der Waals surface area (Å²) in [6, 6.07) is 0. The van der Waals surface area contributed by atoms with Gasteiger partial charge in [-0.2, -0.15) is 0 Å². The standard InChI is InChI=1S/C26H48O2Si2/c1-18-16-20(27-29(4,5)6)17-19-10-11-21-22-12-13-24(28-30(7,8)9)25(22,2)15-14-23(21)26(18,19)3/h17-19,21-24H,10-16H2,1-9H3. The average Bonchev–Trinajstić information content (AvgIpc) is 2.90. The highest BCUT2D eigenvalue weighted by Crippen LogP contribution is 2.67. The maximum Gasteiger partial charge on any atom is 0.241 e. The Kier molecular flexibility index (Phi) is 5.76. The Bertz CT molecular complexity index is 690. The first-order chi connectivity index (χ1) is 13.7. The quantitative estimate of drug-likeness (QED) is 0.408. The maximum atomic E-state index is 6.78. The second-order valence-electron chi connectivity index (χ2n) is 13.7. The van der Waals surface area contributed by atoms with Crippen LogP contribution in [0.4, 0.5) is 0 Å². The molecule has 0 heterocycles. The Labute approximate surface area is 188 Å². The van der Waals surface area contributed by atoms with E-state index in [1.807, 2.05) is 0 Å². The molecule has 0 radical (unpaired) electrons. The van der Waals surface area contributed by atoms with E-state index in [4.69, 9.17) is 8.85 Å². The number of hydrogen-bond acceptors (Lipinski definition) is 2. The second kappa shape index (κ2) is 7.48. The number of allylic oxidation sites excluding steroid dienone is 2. The summed E-state index contributed by atoms with van der Waals surface area (Å²) < 4.78 is 13.3. The molecule has 30 heavy (non-hydrogen) atoms. The van der Waals surface area contributed by atoms with Crippen molar-refractivity contribution in [3.63, 3.8) is 0 Å². The van der Waals surface area contributed by atoms with E-state index < -0.39 is 16.6 Å². The summed E-state index contributed by atoms with van der Waals surface area (Å²) in [6.07, 6.45) is 12.6. The van der Waals surface area contributed by atoms with Gasteiger partial charge in [-0.1, -0.05) is 20.8 Å². The lowest BCUT2D eigenvalue weighted by molar-refractivity contribution is -0.121. The van der Waals surface area contributed by atoms with Crippen LogP contribution in [-0.4, -0.2) is 22.7 Å². The van der Waals surface area contributed by atoms with Gasteiger partial charge in [0.25, 0.3) is 0 Å². The van der Waals surface area contributed by atoms with Crippen molar-refractivity contribution in [1.82, 2.24) is 0 Å². The van der Waals surface area contributed by atoms with Gasteiger partial charge in [0.2, 0.25) is 8.32 Å². The highest BCUT2D eigenvalue weighted by molar-refractivity contribution is 6.70. The minimum atomic E-state index is -1.52. The molecule has 0 amide bonds. The molecule has 8 atom stereocenters. The Balaban J connectivity index is 1.57. The number of hydrogen-bond donors (Lipinski definition) is 0. The van der Waals surface area contributed by atoms with Crippen LogP contribution in [0.25, 0.3) is 0 Å². The summed E-state index contributed by atoms with van der Waals surface area (Å²) in [5.41, 5.74) is 0.874. The van der Waals surface area contributed by atoms with E-state index in [0.29, 0.717) is 22.9 Å². The summed E-state index contributed by atoms with van der Waals surface area (Å²) in [6.45, 7) is 21.9. The Morgan fingerprint density at radius 1 is 0.867 bits per heavy atom. The van der Waals surface area contributed by atoms with Crippen molar-refractivity contribution < 1.29 is 8.85 Å². The maximum absolute atomic E-state index is 6.78. The molecule has 0 N–H and O–H groups in total. The van der Waals surface area contributed by atoms with Gasteiger partial charge in [-0.05, 0) is 124 Å². The summed E-state index contributed by atoms with van der Waals surface area (Å²) >= 11 is 0. The first-order valence-electron chi connectivity index (χ1n) is 12.8. The van der Waals surface area contributed by atoms with Gasteiger partial charge >= 0.3 is 0 Å². The summed E-state index contributed by atoms with van der Waals surface area (Å²) in [5, 5.41) is 0. The molecular formula is C26H48O2Si2. The Morgan fingerprint density at radius 3 is 2.20 bits per heavy atom. The lowest BCUT2D eigenvalue weighted by Gasteiger charge is -2.61. The molecule has 4 rings (SSSR count). The zero-order valence-electron chi connectivity index (χ0n) is 21.3. The van der Waals surface area contributed by atoms with E-state index in [1.54, 1.807) is 0 Å². The van der Waals surface area contributed by atoms with Gasteiger partial charge in [0.1, 0.15) is 0 Å². The largest absolute Gasteiger partial charge is 0.548 e. The molecule has 0 saturated heterocycles. The molecule has 0 spiro atoms. The van der Waals surface area contributed by atoms with Crippen LogP contribution in [0.3, 0.4) is 0 Å². The van der Waals surface area contributed by atoms with Crippen molar-refractivity contribution in [1.29, 1.82) is 0 Å². The van der Waals surface area contributed by atoms with E-state index >= 15 is 0 Å². The fourth-order valence-corrected chi connectivity index (χ4v) is 10.4. The van der Waals surface area contributed by atoms with Crippen LogP contribution in [-0.2, 0) is 8.85 Å². The normalized spacial score (nSPS) is 46.5. The van der Waals surface area contributed by atoms with Crippen molar-refractivity contribution >= 4 is 16.6 Å². The van der Waals surface area contributed by atoms with Crippen LogP contribution >= 0.6 is 0 Å². The molecule has 172 valence electrons. The van der Waals surface area contributed by atoms with Gasteiger partial charge in [-0.3, -0.25) is 0 Å². The third-order valence-electron chi connectivity index (χ3n) is 9.65. The van der Waals surface area contributed by atoms with Crippen molar-refractivity contribution in [2.75, 3.05) is 0 Å². The van der Waals surface area contributed by atoms with Gasteiger partial charge in [0.05, 0.1) is 11.9 Å². The zero-order chi connectivity index (χ0) is 22.1. The molecule has 0 aliphatic heterocycles. The molecule has 3 fully saturated rings. The molecule has 0 aromatic rings. The third-order valence-corrected chi connectivity index (χ3v) is 11.5. The average molecular weight is 449 g/mol. The van der Waals surface area contributed by atoms with Crippen LogP contribution in [0, 0.1) is 40.4 Å². The number of fused-ring (bicyclic) bond motifs is 5. The predicted molar refractivity (Wildman–Crippen MR) is 132 cm³/mol. The van der Waals surface area contributed by atoms with Gasteiger partial charge in [0.15, 0.2) is 8.32 Å². The molecule has 8 unspecified atom stereocenters. The van der Waals surface area contributed by atoms with E-state index in [9.17, 15) is 0 Å². The molecule has 4 aliphatic carbocycles.